The second-order valence-electron chi connectivity index (χ2n) is 3.26. The summed E-state index contributed by atoms with van der Waals surface area (Å²) in [7, 11) is -1.45. The molecule has 15 heavy (non-hydrogen) atoms. The van der Waals surface area contributed by atoms with E-state index in [4.69, 9.17) is 0 Å². The lowest BCUT2D eigenvalue weighted by atomic mass is 10.5. The van der Waals surface area contributed by atoms with Gasteiger partial charge in [-0.25, -0.2) is 8.42 Å². The molecule has 1 saturated heterocycles. The van der Waals surface area contributed by atoms with Gasteiger partial charge in [0.2, 0.25) is 10.4 Å². The van der Waals surface area contributed by atoms with E-state index in [1.807, 2.05) is 6.20 Å². The molecule has 0 radical (unpaired) electrons. The SMILES string of the molecule is C=C[NH+]1CCN(C)C1C.COS(=O)(=O)[O-]. The van der Waals surface area contributed by atoms with Crippen LogP contribution in [0.5, 0.6) is 0 Å². The quantitative estimate of drug-likeness (QED) is 0.463. The van der Waals surface area contributed by atoms with Crippen LogP contribution in [0.4, 0.5) is 0 Å². The van der Waals surface area contributed by atoms with Crippen molar-refractivity contribution in [3.63, 3.8) is 0 Å². The largest absolute Gasteiger partial charge is 0.726 e. The second-order valence-corrected chi connectivity index (χ2v) is 4.41. The minimum atomic E-state index is -4.41. The molecule has 2 atom stereocenters. The molecule has 1 heterocycles. The van der Waals surface area contributed by atoms with Crippen LogP contribution in [0.25, 0.3) is 0 Å². The average Bonchev–Trinajstić information content (AvgIpc) is 2.47. The Morgan fingerprint density at radius 3 is 2.27 bits per heavy atom. The molecule has 0 bridgehead atoms. The third-order valence-electron chi connectivity index (χ3n) is 2.42. The highest BCUT2D eigenvalue weighted by Gasteiger charge is 2.26. The van der Waals surface area contributed by atoms with Crippen LogP contribution in [0.15, 0.2) is 12.8 Å². The predicted octanol–water partition coefficient (Wildman–Crippen LogP) is -1.60. The van der Waals surface area contributed by atoms with Crippen molar-refractivity contribution in [2.45, 2.75) is 13.1 Å². The molecule has 1 rings (SSSR count). The van der Waals surface area contributed by atoms with Crippen molar-refractivity contribution in [1.82, 2.24) is 4.90 Å². The molecule has 0 aromatic carbocycles. The lowest BCUT2D eigenvalue weighted by Gasteiger charge is -2.15. The molecule has 0 amide bonds. The lowest BCUT2D eigenvalue weighted by molar-refractivity contribution is -0.863. The molecule has 1 aliphatic heterocycles. The first-order chi connectivity index (χ1) is 6.81. The van der Waals surface area contributed by atoms with Crippen LogP contribution >= 0.6 is 0 Å². The van der Waals surface area contributed by atoms with Gasteiger partial charge in [-0.05, 0) is 13.6 Å². The molecular formula is C8H18N2O4S. The van der Waals surface area contributed by atoms with E-state index in [9.17, 15) is 13.0 Å². The van der Waals surface area contributed by atoms with E-state index in [1.54, 1.807) is 0 Å². The first-order valence-corrected chi connectivity index (χ1v) is 5.85. The van der Waals surface area contributed by atoms with E-state index >= 15 is 0 Å². The third-order valence-corrected chi connectivity index (χ3v) is 2.83. The number of nitrogens with zero attached hydrogens (tertiary/aromatic N) is 1. The van der Waals surface area contributed by atoms with Crippen molar-refractivity contribution in [3.05, 3.63) is 12.8 Å². The zero-order chi connectivity index (χ0) is 12.1. The third kappa shape index (κ3) is 5.85. The summed E-state index contributed by atoms with van der Waals surface area (Å²) in [5.74, 6) is 0. The molecule has 0 spiro atoms. The van der Waals surface area contributed by atoms with Crippen LogP contribution in [0.2, 0.25) is 0 Å². The van der Waals surface area contributed by atoms with E-state index in [1.165, 1.54) is 18.0 Å². The van der Waals surface area contributed by atoms with Crippen LogP contribution in [-0.4, -0.2) is 51.3 Å². The van der Waals surface area contributed by atoms with Gasteiger partial charge in [0.05, 0.1) is 26.4 Å². The average molecular weight is 238 g/mol. The standard InChI is InChI=1S/C7H14N2.CH4O4S/c1-4-9-6-5-8(3)7(9)2;1-5-6(2,3)4/h4,7H,1,5-6H2,2-3H3;1H3,(H,2,3,4). The van der Waals surface area contributed by atoms with Crippen LogP contribution < -0.4 is 4.90 Å². The van der Waals surface area contributed by atoms with Gasteiger partial charge in [-0.3, -0.25) is 14.0 Å². The first kappa shape index (κ1) is 14.5. The van der Waals surface area contributed by atoms with Gasteiger partial charge in [-0.2, -0.15) is 0 Å². The van der Waals surface area contributed by atoms with E-state index in [0.717, 1.165) is 7.11 Å². The van der Waals surface area contributed by atoms with Crippen molar-refractivity contribution in [2.75, 3.05) is 27.2 Å². The summed E-state index contributed by atoms with van der Waals surface area (Å²) < 4.78 is 31.0. The lowest BCUT2D eigenvalue weighted by Crippen LogP contribution is -3.09. The van der Waals surface area contributed by atoms with Gasteiger partial charge in [0.1, 0.15) is 6.17 Å². The van der Waals surface area contributed by atoms with Gasteiger partial charge in [-0.15, -0.1) is 0 Å². The van der Waals surface area contributed by atoms with Crippen LogP contribution in [0.3, 0.4) is 0 Å². The minimum absolute atomic E-state index is 0.627. The Morgan fingerprint density at radius 2 is 2.13 bits per heavy atom. The Bertz CT molecular complexity index is 291. The fourth-order valence-electron chi connectivity index (χ4n) is 1.26. The molecular weight excluding hydrogens is 220 g/mol. The van der Waals surface area contributed by atoms with Gasteiger partial charge in [0.25, 0.3) is 0 Å². The monoisotopic (exact) mass is 238 g/mol. The number of nitrogens with one attached hydrogen (secondary N) is 1. The number of quaternary nitrogens is 1. The summed E-state index contributed by atoms with van der Waals surface area (Å²) >= 11 is 0. The number of rotatable bonds is 2. The molecule has 0 aromatic rings. The summed E-state index contributed by atoms with van der Waals surface area (Å²) in [5, 5.41) is 0. The summed E-state index contributed by atoms with van der Waals surface area (Å²) in [6, 6.07) is 0. The van der Waals surface area contributed by atoms with Crippen LogP contribution in [0, 0.1) is 0 Å². The van der Waals surface area contributed by atoms with Gasteiger partial charge in [0.15, 0.2) is 0 Å². The van der Waals surface area contributed by atoms with E-state index in [0.29, 0.717) is 6.17 Å². The maximum Gasteiger partial charge on any atom is 0.217 e. The summed E-state index contributed by atoms with van der Waals surface area (Å²) in [6.07, 6.45) is 2.62. The predicted molar refractivity (Wildman–Crippen MR) is 54.8 cm³/mol. The van der Waals surface area contributed by atoms with Crippen molar-refractivity contribution in [2.24, 2.45) is 0 Å². The van der Waals surface area contributed by atoms with E-state index < -0.39 is 10.4 Å². The van der Waals surface area contributed by atoms with Gasteiger partial charge < -0.3 is 4.55 Å². The number of likely N-dealkylation sites (N-methyl/N-ethyl adjacent to an activating group) is 1. The molecule has 1 N–H and O–H groups in total. The highest BCUT2D eigenvalue weighted by atomic mass is 32.3. The van der Waals surface area contributed by atoms with Crippen LogP contribution in [-0.2, 0) is 14.6 Å². The fraction of sp³-hybridized carbons (Fsp3) is 0.750. The van der Waals surface area contributed by atoms with Crippen molar-refractivity contribution in [3.8, 4) is 0 Å². The van der Waals surface area contributed by atoms with Gasteiger partial charge in [0, 0.05) is 6.92 Å². The topological polar surface area (TPSA) is 74.1 Å². The Kier molecular flexibility index (Phi) is 5.99. The van der Waals surface area contributed by atoms with E-state index in [-0.39, 0.29) is 0 Å². The summed E-state index contributed by atoms with van der Waals surface area (Å²) in [6.45, 7) is 8.40. The second kappa shape index (κ2) is 6.19. The van der Waals surface area contributed by atoms with Crippen molar-refractivity contribution in [1.29, 1.82) is 0 Å². The summed E-state index contributed by atoms with van der Waals surface area (Å²) in [4.78, 5) is 3.83. The highest BCUT2D eigenvalue weighted by Crippen LogP contribution is 1.90. The van der Waals surface area contributed by atoms with Crippen LogP contribution in [0.1, 0.15) is 6.92 Å². The Balaban J connectivity index is 0.000000288. The molecule has 1 aliphatic rings. The van der Waals surface area contributed by atoms with Crippen molar-refractivity contribution < 1.29 is 22.1 Å². The molecule has 7 heteroatoms. The van der Waals surface area contributed by atoms with Gasteiger partial charge >= 0.3 is 0 Å². The minimum Gasteiger partial charge on any atom is -0.726 e. The summed E-state index contributed by atoms with van der Waals surface area (Å²) in [5.41, 5.74) is 0. The fourth-order valence-corrected chi connectivity index (χ4v) is 1.26. The Labute approximate surface area is 91.1 Å². The molecule has 0 saturated carbocycles. The Morgan fingerprint density at radius 1 is 1.67 bits per heavy atom. The normalized spacial score (nSPS) is 26.9. The molecule has 2 unspecified atom stereocenters. The highest BCUT2D eigenvalue weighted by molar-refractivity contribution is 7.80. The van der Waals surface area contributed by atoms with E-state index in [2.05, 4.69) is 29.6 Å². The molecule has 0 aromatic heterocycles. The molecule has 1 fully saturated rings. The number of hydrogen-bond acceptors (Lipinski definition) is 5. The smallest absolute Gasteiger partial charge is 0.217 e. The van der Waals surface area contributed by atoms with Crippen molar-refractivity contribution >= 4 is 10.4 Å². The zero-order valence-corrected chi connectivity index (χ0v) is 10.1. The molecule has 0 aliphatic carbocycles. The maximum absolute atomic E-state index is 9.22. The maximum atomic E-state index is 9.22. The first-order valence-electron chi connectivity index (χ1n) is 4.51. The Hall–Kier alpha value is -0.470. The molecule has 6 nitrogen and oxygen atoms in total. The number of hydrogen-bond donors (Lipinski definition) is 1. The molecule has 90 valence electrons. The zero-order valence-electron chi connectivity index (χ0n) is 9.26. The van der Waals surface area contributed by atoms with Gasteiger partial charge in [-0.1, -0.05) is 0 Å².